The third kappa shape index (κ3) is 2.16. The highest BCUT2D eigenvalue weighted by atomic mass is 16.2. The van der Waals surface area contributed by atoms with E-state index in [9.17, 15) is 9.59 Å². The molecule has 0 aromatic heterocycles. The van der Waals surface area contributed by atoms with E-state index in [1.165, 1.54) is 4.90 Å². The summed E-state index contributed by atoms with van der Waals surface area (Å²) < 4.78 is 0. The van der Waals surface area contributed by atoms with Gasteiger partial charge < -0.3 is 5.32 Å². The summed E-state index contributed by atoms with van der Waals surface area (Å²) in [5.41, 5.74) is 3.35. The van der Waals surface area contributed by atoms with Crippen molar-refractivity contribution in [3.05, 3.63) is 59.7 Å². The molecule has 3 amide bonds. The number of aryl methyl sites for hydroxylation is 1. The van der Waals surface area contributed by atoms with E-state index in [4.69, 9.17) is 0 Å². The molecular formula is C16H14N2O2. The normalized spacial score (nSPS) is 13.2. The third-order valence-electron chi connectivity index (χ3n) is 3.33. The zero-order valence-electron chi connectivity index (χ0n) is 11.1. The van der Waals surface area contributed by atoms with E-state index in [1.54, 1.807) is 6.07 Å². The number of para-hydroxylation sites is 1. The van der Waals surface area contributed by atoms with Crippen molar-refractivity contribution < 1.29 is 9.59 Å². The molecule has 0 saturated carbocycles. The number of carbonyl (C=O) groups is 2. The Bertz CT molecular complexity index is 677. The third-order valence-corrected chi connectivity index (χ3v) is 3.33. The van der Waals surface area contributed by atoms with Crippen molar-refractivity contribution in [3.8, 4) is 0 Å². The second-order valence-corrected chi connectivity index (χ2v) is 4.83. The number of hydrogen-bond acceptors (Lipinski definition) is 2. The molecule has 2 aromatic carbocycles. The Labute approximate surface area is 117 Å². The lowest BCUT2D eigenvalue weighted by atomic mass is 10.2. The number of hydrogen-bond donors (Lipinski definition) is 1. The van der Waals surface area contributed by atoms with Gasteiger partial charge in [-0.3, -0.25) is 4.79 Å². The van der Waals surface area contributed by atoms with E-state index >= 15 is 0 Å². The highest BCUT2D eigenvalue weighted by Crippen LogP contribution is 2.29. The van der Waals surface area contributed by atoms with Gasteiger partial charge in [-0.05, 0) is 30.7 Å². The average Bonchev–Trinajstić information content (AvgIpc) is 2.77. The molecule has 0 radical (unpaired) electrons. The molecule has 20 heavy (non-hydrogen) atoms. The van der Waals surface area contributed by atoms with Crippen LogP contribution < -0.4 is 10.2 Å². The van der Waals surface area contributed by atoms with Gasteiger partial charge in [0, 0.05) is 5.69 Å². The number of fused-ring (bicyclic) bond motifs is 1. The number of nitrogens with zero attached hydrogens (tertiary/aromatic N) is 1. The highest BCUT2D eigenvalue weighted by Gasteiger charge is 2.31. The van der Waals surface area contributed by atoms with Gasteiger partial charge in [0.2, 0.25) is 5.91 Å². The molecule has 1 aliphatic rings. The Balaban J connectivity index is 1.84. The van der Waals surface area contributed by atoms with E-state index < -0.39 is 6.03 Å². The van der Waals surface area contributed by atoms with Crippen LogP contribution >= 0.6 is 0 Å². The smallest absolute Gasteiger partial charge is 0.307 e. The van der Waals surface area contributed by atoms with Gasteiger partial charge in [0.15, 0.2) is 0 Å². The number of benzene rings is 2. The lowest BCUT2D eigenvalue weighted by Gasteiger charge is -2.16. The summed E-state index contributed by atoms with van der Waals surface area (Å²) in [5.74, 6) is -0.198. The van der Waals surface area contributed by atoms with E-state index in [2.05, 4.69) is 5.32 Å². The number of imide groups is 1. The van der Waals surface area contributed by atoms with Gasteiger partial charge in [0.25, 0.3) is 0 Å². The first-order chi connectivity index (χ1) is 9.65. The van der Waals surface area contributed by atoms with Crippen molar-refractivity contribution in [1.82, 2.24) is 0 Å². The molecular weight excluding hydrogens is 252 g/mol. The van der Waals surface area contributed by atoms with Crippen LogP contribution in [0.4, 0.5) is 16.2 Å². The maximum absolute atomic E-state index is 12.3. The first-order valence-corrected chi connectivity index (χ1v) is 6.43. The monoisotopic (exact) mass is 266 g/mol. The molecule has 100 valence electrons. The average molecular weight is 266 g/mol. The Morgan fingerprint density at radius 1 is 1.10 bits per heavy atom. The van der Waals surface area contributed by atoms with Crippen LogP contribution in [-0.2, 0) is 11.2 Å². The van der Waals surface area contributed by atoms with Crippen LogP contribution in [0.2, 0.25) is 0 Å². The summed E-state index contributed by atoms with van der Waals surface area (Å²) in [4.78, 5) is 25.5. The van der Waals surface area contributed by atoms with Crippen LogP contribution in [0.25, 0.3) is 0 Å². The number of nitrogens with one attached hydrogen (secondary N) is 1. The summed E-state index contributed by atoms with van der Waals surface area (Å²) in [6.45, 7) is 1.98. The van der Waals surface area contributed by atoms with Crippen LogP contribution in [0.5, 0.6) is 0 Å². The first kappa shape index (κ1) is 12.4. The largest absolute Gasteiger partial charge is 0.333 e. The van der Waals surface area contributed by atoms with E-state index in [0.29, 0.717) is 11.4 Å². The summed E-state index contributed by atoms with van der Waals surface area (Å²) in [7, 11) is 0. The van der Waals surface area contributed by atoms with Crippen molar-refractivity contribution in [2.24, 2.45) is 0 Å². The second kappa shape index (κ2) is 4.81. The number of rotatable bonds is 1. The standard InChI is InChI=1S/C16H14N2O2/c1-11-6-8-13(9-7-11)17-16(20)18-14-5-3-2-4-12(14)10-15(18)19/h2-9H,10H2,1H3,(H,17,20). The summed E-state index contributed by atoms with van der Waals surface area (Å²) >= 11 is 0. The molecule has 0 fully saturated rings. The summed E-state index contributed by atoms with van der Waals surface area (Å²) in [6, 6.07) is 14.4. The molecule has 1 heterocycles. The SMILES string of the molecule is Cc1ccc(NC(=O)N2C(=O)Cc3ccccc32)cc1. The van der Waals surface area contributed by atoms with Crippen molar-refractivity contribution in [3.63, 3.8) is 0 Å². The molecule has 1 aliphatic heterocycles. The lowest BCUT2D eigenvalue weighted by Crippen LogP contribution is -2.37. The molecule has 0 aliphatic carbocycles. The van der Waals surface area contributed by atoms with Crippen molar-refractivity contribution in [2.75, 3.05) is 10.2 Å². The van der Waals surface area contributed by atoms with Gasteiger partial charge in [-0.1, -0.05) is 35.9 Å². The van der Waals surface area contributed by atoms with Gasteiger partial charge >= 0.3 is 6.03 Å². The molecule has 0 saturated heterocycles. The molecule has 0 spiro atoms. The van der Waals surface area contributed by atoms with Gasteiger partial charge in [0.1, 0.15) is 0 Å². The predicted octanol–water partition coefficient (Wildman–Crippen LogP) is 3.12. The minimum Gasteiger partial charge on any atom is -0.307 e. The molecule has 4 heteroatoms. The van der Waals surface area contributed by atoms with Crippen molar-refractivity contribution in [1.29, 1.82) is 0 Å². The highest BCUT2D eigenvalue weighted by molar-refractivity contribution is 6.22. The van der Waals surface area contributed by atoms with E-state index in [0.717, 1.165) is 11.1 Å². The molecule has 0 atom stereocenters. The summed E-state index contributed by atoms with van der Waals surface area (Å²) in [6.07, 6.45) is 0.275. The van der Waals surface area contributed by atoms with Gasteiger partial charge in [-0.15, -0.1) is 0 Å². The topological polar surface area (TPSA) is 49.4 Å². The van der Waals surface area contributed by atoms with E-state index in [-0.39, 0.29) is 12.3 Å². The zero-order chi connectivity index (χ0) is 14.1. The number of amides is 3. The Morgan fingerprint density at radius 2 is 1.80 bits per heavy atom. The molecule has 4 nitrogen and oxygen atoms in total. The fourth-order valence-corrected chi connectivity index (χ4v) is 2.29. The molecule has 0 unspecified atom stereocenters. The summed E-state index contributed by atoms with van der Waals surface area (Å²) in [5, 5.41) is 2.75. The van der Waals surface area contributed by atoms with Crippen LogP contribution in [0.1, 0.15) is 11.1 Å². The van der Waals surface area contributed by atoms with Crippen LogP contribution in [0.15, 0.2) is 48.5 Å². The Morgan fingerprint density at radius 3 is 2.55 bits per heavy atom. The minimum atomic E-state index is -0.413. The Hall–Kier alpha value is -2.62. The predicted molar refractivity (Wildman–Crippen MR) is 77.8 cm³/mol. The van der Waals surface area contributed by atoms with Crippen LogP contribution in [0, 0.1) is 6.92 Å². The number of anilines is 2. The van der Waals surface area contributed by atoms with Gasteiger partial charge in [-0.2, -0.15) is 0 Å². The van der Waals surface area contributed by atoms with Crippen molar-refractivity contribution in [2.45, 2.75) is 13.3 Å². The lowest BCUT2D eigenvalue weighted by molar-refractivity contribution is -0.116. The molecule has 0 bridgehead atoms. The molecule has 3 rings (SSSR count). The Kier molecular flexibility index (Phi) is 2.99. The minimum absolute atomic E-state index is 0.198. The van der Waals surface area contributed by atoms with Crippen molar-refractivity contribution >= 4 is 23.3 Å². The fraction of sp³-hybridized carbons (Fsp3) is 0.125. The maximum Gasteiger partial charge on any atom is 0.333 e. The molecule has 2 aromatic rings. The first-order valence-electron chi connectivity index (χ1n) is 6.43. The van der Waals surface area contributed by atoms with Gasteiger partial charge in [-0.25, -0.2) is 9.69 Å². The quantitative estimate of drug-likeness (QED) is 0.862. The number of urea groups is 1. The maximum atomic E-state index is 12.3. The van der Waals surface area contributed by atoms with E-state index in [1.807, 2.05) is 49.4 Å². The number of carbonyl (C=O) groups excluding carboxylic acids is 2. The zero-order valence-corrected chi connectivity index (χ0v) is 11.1. The fourth-order valence-electron chi connectivity index (χ4n) is 2.29. The second-order valence-electron chi connectivity index (χ2n) is 4.83. The van der Waals surface area contributed by atoms with Gasteiger partial charge in [0.05, 0.1) is 12.1 Å². The van der Waals surface area contributed by atoms with Crippen LogP contribution in [-0.4, -0.2) is 11.9 Å². The van der Waals surface area contributed by atoms with Crippen LogP contribution in [0.3, 0.4) is 0 Å². The molecule has 1 N–H and O–H groups in total.